The van der Waals surface area contributed by atoms with E-state index in [0.29, 0.717) is 0 Å². The van der Waals surface area contributed by atoms with Gasteiger partial charge in [0.25, 0.3) is 0 Å². The summed E-state index contributed by atoms with van der Waals surface area (Å²) in [6, 6.07) is 2.07. The van der Waals surface area contributed by atoms with Crippen molar-refractivity contribution in [1.82, 2.24) is 14.8 Å². The van der Waals surface area contributed by atoms with Crippen LogP contribution in [0.3, 0.4) is 0 Å². The van der Waals surface area contributed by atoms with E-state index in [4.69, 9.17) is 0 Å². The number of nitrogens with zero attached hydrogens (tertiary/aromatic N) is 4. The fourth-order valence-electron chi connectivity index (χ4n) is 2.90. The molecule has 2 aromatic rings. The summed E-state index contributed by atoms with van der Waals surface area (Å²) in [6.07, 6.45) is 15.3. The maximum atomic E-state index is 4.56. The van der Waals surface area contributed by atoms with Crippen LogP contribution in [0.4, 0.5) is 5.69 Å². The van der Waals surface area contributed by atoms with Gasteiger partial charge in [-0.15, -0.1) is 0 Å². The third-order valence-electron chi connectivity index (χ3n) is 4.22. The zero-order chi connectivity index (χ0) is 13.4. The van der Waals surface area contributed by atoms with Crippen LogP contribution in [0, 0.1) is 6.42 Å². The normalized spacial score (nSPS) is 19.3. The van der Waals surface area contributed by atoms with Crippen molar-refractivity contribution in [3.8, 4) is 5.69 Å². The molecule has 1 saturated heterocycles. The summed E-state index contributed by atoms with van der Waals surface area (Å²) in [4.78, 5) is 6.72. The van der Waals surface area contributed by atoms with E-state index in [1.54, 1.807) is 0 Å². The lowest BCUT2D eigenvalue weighted by Gasteiger charge is -2.29. The summed E-state index contributed by atoms with van der Waals surface area (Å²) < 4.78 is 2.02. The Morgan fingerprint density at radius 1 is 1.05 bits per heavy atom. The second-order valence-electron chi connectivity index (χ2n) is 5.71. The van der Waals surface area contributed by atoms with Gasteiger partial charge in [-0.25, -0.2) is 4.68 Å². The van der Waals surface area contributed by atoms with E-state index in [2.05, 4.69) is 33.7 Å². The average molecular weight is 267 g/mol. The molecule has 1 aliphatic heterocycles. The van der Waals surface area contributed by atoms with Gasteiger partial charge >= 0.3 is 0 Å². The molecule has 0 aromatic carbocycles. The van der Waals surface area contributed by atoms with Crippen LogP contribution in [-0.2, 0) is 0 Å². The summed E-state index contributed by atoms with van der Waals surface area (Å²) in [5, 5.41) is 4.56. The number of piperidine rings is 1. The second-order valence-corrected chi connectivity index (χ2v) is 5.71. The molecule has 20 heavy (non-hydrogen) atoms. The number of hydrogen-bond donors (Lipinski definition) is 0. The van der Waals surface area contributed by atoms with Gasteiger partial charge in [-0.1, -0.05) is 0 Å². The minimum Gasteiger partial charge on any atom is -0.369 e. The minimum absolute atomic E-state index is 0.749. The molecule has 0 atom stereocenters. The van der Waals surface area contributed by atoms with Crippen LogP contribution in [0.25, 0.3) is 5.69 Å². The number of hydrogen-bond acceptors (Lipinski definition) is 3. The molecule has 4 rings (SSSR count). The van der Waals surface area contributed by atoms with E-state index < -0.39 is 0 Å². The summed E-state index contributed by atoms with van der Waals surface area (Å²) in [5.41, 5.74) is 3.72. The Balaban J connectivity index is 1.68. The Morgan fingerprint density at radius 3 is 2.70 bits per heavy atom. The van der Waals surface area contributed by atoms with Gasteiger partial charge in [-0.2, -0.15) is 5.10 Å². The number of aromatic nitrogens is 3. The first-order valence-corrected chi connectivity index (χ1v) is 7.47. The van der Waals surface area contributed by atoms with Crippen molar-refractivity contribution >= 4 is 5.69 Å². The van der Waals surface area contributed by atoms with Crippen molar-refractivity contribution in [2.75, 3.05) is 18.0 Å². The van der Waals surface area contributed by atoms with Gasteiger partial charge in [0, 0.05) is 25.5 Å². The number of rotatable bonds is 3. The quantitative estimate of drug-likeness (QED) is 0.857. The predicted molar refractivity (Wildman–Crippen MR) is 79.1 cm³/mol. The molecule has 0 bridgehead atoms. The first kappa shape index (κ1) is 11.9. The molecule has 0 unspecified atom stereocenters. The monoisotopic (exact) mass is 267 g/mol. The van der Waals surface area contributed by atoms with E-state index in [1.165, 1.54) is 24.1 Å². The highest BCUT2D eigenvalue weighted by molar-refractivity contribution is 5.61. The van der Waals surface area contributed by atoms with E-state index in [9.17, 15) is 0 Å². The Morgan fingerprint density at radius 2 is 1.90 bits per heavy atom. The van der Waals surface area contributed by atoms with Gasteiger partial charge in [-0.05, 0) is 49.7 Å². The highest BCUT2D eigenvalue weighted by atomic mass is 15.3. The lowest BCUT2D eigenvalue weighted by Crippen LogP contribution is -2.30. The Kier molecular flexibility index (Phi) is 2.94. The van der Waals surface area contributed by atoms with Crippen LogP contribution in [0.5, 0.6) is 0 Å². The molecular weight excluding hydrogens is 248 g/mol. The van der Waals surface area contributed by atoms with Gasteiger partial charge in [0.2, 0.25) is 0 Å². The van der Waals surface area contributed by atoms with Crippen LogP contribution < -0.4 is 4.90 Å². The molecule has 3 heterocycles. The van der Waals surface area contributed by atoms with Gasteiger partial charge in [0.1, 0.15) is 0 Å². The molecule has 103 valence electrons. The van der Waals surface area contributed by atoms with Crippen LogP contribution >= 0.6 is 0 Å². The first-order valence-electron chi connectivity index (χ1n) is 7.47. The van der Waals surface area contributed by atoms with Crippen molar-refractivity contribution in [1.29, 1.82) is 0 Å². The molecule has 4 nitrogen and oxygen atoms in total. The summed E-state index contributed by atoms with van der Waals surface area (Å²) >= 11 is 0. The first-order chi connectivity index (χ1) is 9.92. The van der Waals surface area contributed by atoms with E-state index >= 15 is 0 Å². The molecule has 0 N–H and O–H groups in total. The molecule has 0 amide bonds. The lowest BCUT2D eigenvalue weighted by atomic mass is 10.1. The topological polar surface area (TPSA) is 34.0 Å². The Bertz CT molecular complexity index is 594. The van der Waals surface area contributed by atoms with Crippen LogP contribution in [-0.4, -0.2) is 27.9 Å². The Hall–Kier alpha value is -1.84. The fourth-order valence-corrected chi connectivity index (χ4v) is 2.90. The average Bonchev–Trinajstić information content (AvgIpc) is 3.26. The third-order valence-corrected chi connectivity index (χ3v) is 4.22. The van der Waals surface area contributed by atoms with E-state index in [1.807, 2.05) is 23.3 Å². The fraction of sp³-hybridized carbons (Fsp3) is 0.438. The van der Waals surface area contributed by atoms with Crippen molar-refractivity contribution in [2.24, 2.45) is 0 Å². The largest absolute Gasteiger partial charge is 0.369 e. The van der Waals surface area contributed by atoms with Crippen molar-refractivity contribution in [2.45, 2.75) is 31.6 Å². The number of anilines is 1. The van der Waals surface area contributed by atoms with E-state index in [0.717, 1.165) is 37.5 Å². The van der Waals surface area contributed by atoms with Crippen LogP contribution in [0.2, 0.25) is 0 Å². The molecule has 2 aromatic heterocycles. The molecule has 4 heteroatoms. The van der Waals surface area contributed by atoms with Gasteiger partial charge < -0.3 is 4.90 Å². The molecule has 1 radical (unpaired) electrons. The van der Waals surface area contributed by atoms with Gasteiger partial charge in [0.15, 0.2) is 0 Å². The molecule has 1 saturated carbocycles. The van der Waals surface area contributed by atoms with Crippen molar-refractivity contribution in [3.05, 3.63) is 42.8 Å². The number of pyridine rings is 1. The highest BCUT2D eigenvalue weighted by Gasteiger charge is 2.25. The smallest absolute Gasteiger partial charge is 0.0910 e. The molecule has 1 aliphatic carbocycles. The zero-order valence-corrected chi connectivity index (χ0v) is 11.6. The van der Waals surface area contributed by atoms with Crippen LogP contribution in [0.15, 0.2) is 30.9 Å². The van der Waals surface area contributed by atoms with Crippen LogP contribution in [0.1, 0.15) is 37.2 Å². The third kappa shape index (κ3) is 2.19. The summed E-state index contributed by atoms with van der Waals surface area (Å²) in [6.45, 7) is 2.16. The Labute approximate surface area is 119 Å². The summed E-state index contributed by atoms with van der Waals surface area (Å²) in [5.74, 6) is 0.749. The second kappa shape index (κ2) is 4.93. The standard InChI is InChI=1S/C16H19N4/c1-2-8-19(9-3-1)16-11-17-7-6-15(16)20-12-14(10-18-20)13-4-5-13/h1,6-7,10-13H,2-5,8-9H2. The zero-order valence-electron chi connectivity index (χ0n) is 11.6. The van der Waals surface area contributed by atoms with Gasteiger partial charge in [0.05, 0.1) is 23.8 Å². The minimum atomic E-state index is 0.749. The molecule has 2 aliphatic rings. The van der Waals surface area contributed by atoms with E-state index in [-0.39, 0.29) is 0 Å². The predicted octanol–water partition coefficient (Wildman–Crippen LogP) is 2.95. The maximum absolute atomic E-state index is 4.56. The lowest BCUT2D eigenvalue weighted by molar-refractivity contribution is 0.674. The molecular formula is C16H19N4. The highest BCUT2D eigenvalue weighted by Crippen LogP contribution is 2.40. The summed E-state index contributed by atoms with van der Waals surface area (Å²) in [7, 11) is 0. The SMILES string of the molecule is [CH]1CCN(c2cnccc2-n2cc(C3CC3)cn2)CC1. The maximum Gasteiger partial charge on any atom is 0.0910 e. The van der Waals surface area contributed by atoms with Crippen molar-refractivity contribution in [3.63, 3.8) is 0 Å². The molecule has 2 fully saturated rings. The van der Waals surface area contributed by atoms with Crippen molar-refractivity contribution < 1.29 is 0 Å². The molecule has 0 spiro atoms. The van der Waals surface area contributed by atoms with Gasteiger partial charge in [-0.3, -0.25) is 4.98 Å².